The number of benzene rings is 2. The number of carbonyl (C=O) groups excluding carboxylic acids is 3. The number of hydrogen-bond donors (Lipinski definition) is 2. The number of carbonyl (C=O) groups is 3. The van der Waals surface area contributed by atoms with Gasteiger partial charge >= 0.3 is 12.0 Å². The lowest BCUT2D eigenvalue weighted by Gasteiger charge is -2.35. The molecule has 2 N–H and O–H groups in total. The van der Waals surface area contributed by atoms with Gasteiger partial charge in [-0.3, -0.25) is 4.79 Å². The number of aromatic amines is 1. The number of H-pyrrole nitrogens is 1. The van der Waals surface area contributed by atoms with E-state index in [2.05, 4.69) is 10.3 Å². The molecule has 1 saturated heterocycles. The van der Waals surface area contributed by atoms with Crippen LogP contribution in [0.1, 0.15) is 15.9 Å². The summed E-state index contributed by atoms with van der Waals surface area (Å²) in [7, 11) is 1.31. The van der Waals surface area contributed by atoms with Gasteiger partial charge < -0.3 is 24.8 Å². The molecule has 3 aromatic rings. The van der Waals surface area contributed by atoms with Gasteiger partial charge in [0.25, 0.3) is 5.91 Å². The van der Waals surface area contributed by atoms with E-state index < -0.39 is 12.0 Å². The number of piperazine rings is 1. The molecule has 1 fully saturated rings. The molecular weight excluding hydrogens is 408 g/mol. The van der Waals surface area contributed by atoms with Crippen LogP contribution in [0.2, 0.25) is 0 Å². The number of ether oxygens (including phenoxy) is 1. The molecule has 1 aliphatic heterocycles. The number of amides is 3. The Balaban J connectivity index is 1.36. The van der Waals surface area contributed by atoms with Crippen LogP contribution in [0.5, 0.6) is 0 Å². The average Bonchev–Trinajstić information content (AvgIpc) is 3.27. The maximum atomic E-state index is 13.0. The van der Waals surface area contributed by atoms with Crippen molar-refractivity contribution in [2.75, 3.05) is 33.3 Å². The molecule has 0 spiro atoms. The third-order valence-electron chi connectivity index (χ3n) is 5.74. The number of esters is 1. The van der Waals surface area contributed by atoms with Gasteiger partial charge in [-0.1, -0.05) is 48.5 Å². The van der Waals surface area contributed by atoms with Gasteiger partial charge in [-0.15, -0.1) is 0 Å². The summed E-state index contributed by atoms with van der Waals surface area (Å²) in [5.41, 5.74) is 2.48. The lowest BCUT2D eigenvalue weighted by molar-refractivity contribution is -0.142. The third kappa shape index (κ3) is 4.59. The van der Waals surface area contributed by atoms with Crippen LogP contribution in [0.4, 0.5) is 4.79 Å². The van der Waals surface area contributed by atoms with E-state index in [4.69, 9.17) is 4.74 Å². The first-order valence-electron chi connectivity index (χ1n) is 10.6. The number of aromatic nitrogens is 1. The molecular formula is C24H26N4O4. The Kier molecular flexibility index (Phi) is 6.39. The molecule has 8 nitrogen and oxygen atoms in total. The molecule has 8 heteroatoms. The standard InChI is InChI=1S/C24H26N4O4/c1-32-23(30)21(15-17-7-3-2-4-8-17)26-24(31)28-13-11-27(12-14-28)22(29)19-16-25-20-10-6-5-9-18(19)20/h2-10,16,21,25H,11-15H2,1H3,(H,26,31)/t21-/m1/s1. The molecule has 3 amide bonds. The van der Waals surface area contributed by atoms with Crippen molar-refractivity contribution in [1.29, 1.82) is 0 Å². The first kappa shape index (κ1) is 21.4. The summed E-state index contributed by atoms with van der Waals surface area (Å²) in [6, 6.07) is 16.0. The third-order valence-corrected chi connectivity index (χ3v) is 5.74. The van der Waals surface area contributed by atoms with Crippen molar-refractivity contribution in [1.82, 2.24) is 20.1 Å². The van der Waals surface area contributed by atoms with Crippen LogP contribution in [0.3, 0.4) is 0 Å². The van der Waals surface area contributed by atoms with E-state index in [1.807, 2.05) is 54.6 Å². The zero-order chi connectivity index (χ0) is 22.5. The lowest BCUT2D eigenvalue weighted by Crippen LogP contribution is -2.56. The van der Waals surface area contributed by atoms with Gasteiger partial charge in [-0.2, -0.15) is 0 Å². The van der Waals surface area contributed by atoms with E-state index in [0.29, 0.717) is 38.2 Å². The smallest absolute Gasteiger partial charge is 0.328 e. The second-order valence-corrected chi connectivity index (χ2v) is 7.74. The van der Waals surface area contributed by atoms with Crippen molar-refractivity contribution in [3.05, 3.63) is 71.9 Å². The molecule has 1 aliphatic rings. The minimum atomic E-state index is -0.777. The van der Waals surface area contributed by atoms with E-state index in [9.17, 15) is 14.4 Å². The van der Waals surface area contributed by atoms with Crippen LogP contribution < -0.4 is 5.32 Å². The molecule has 0 unspecified atom stereocenters. The largest absolute Gasteiger partial charge is 0.467 e. The zero-order valence-electron chi connectivity index (χ0n) is 17.9. The predicted octanol–water partition coefficient (Wildman–Crippen LogP) is 2.42. The average molecular weight is 434 g/mol. The monoisotopic (exact) mass is 434 g/mol. The predicted molar refractivity (Wildman–Crippen MR) is 120 cm³/mol. The molecule has 0 bridgehead atoms. The summed E-state index contributed by atoms with van der Waals surface area (Å²) < 4.78 is 4.87. The van der Waals surface area contributed by atoms with E-state index in [0.717, 1.165) is 16.5 Å². The Morgan fingerprint density at radius 3 is 2.34 bits per heavy atom. The van der Waals surface area contributed by atoms with Crippen molar-refractivity contribution < 1.29 is 19.1 Å². The Labute approximate surface area is 186 Å². The second kappa shape index (κ2) is 9.55. The summed E-state index contributed by atoms with van der Waals surface area (Å²) in [5.74, 6) is -0.547. The minimum absolute atomic E-state index is 0.0565. The van der Waals surface area contributed by atoms with Gasteiger partial charge in [0.05, 0.1) is 12.7 Å². The van der Waals surface area contributed by atoms with Gasteiger partial charge in [0.15, 0.2) is 0 Å². The fraction of sp³-hybridized carbons (Fsp3) is 0.292. The normalized spacial score (nSPS) is 14.8. The number of urea groups is 1. The van der Waals surface area contributed by atoms with Gasteiger partial charge in [0.2, 0.25) is 0 Å². The minimum Gasteiger partial charge on any atom is -0.467 e. The van der Waals surface area contributed by atoms with Gasteiger partial charge in [-0.05, 0) is 11.6 Å². The maximum Gasteiger partial charge on any atom is 0.328 e. The first-order chi connectivity index (χ1) is 15.6. The molecule has 2 aromatic carbocycles. The molecule has 32 heavy (non-hydrogen) atoms. The SMILES string of the molecule is COC(=O)[C@@H](Cc1ccccc1)NC(=O)N1CCN(C(=O)c2c[nH]c3ccccc23)CC1. The fourth-order valence-corrected chi connectivity index (χ4v) is 3.96. The second-order valence-electron chi connectivity index (χ2n) is 7.74. The quantitative estimate of drug-likeness (QED) is 0.603. The molecule has 0 radical (unpaired) electrons. The van der Waals surface area contributed by atoms with Crippen molar-refractivity contribution >= 4 is 28.8 Å². The van der Waals surface area contributed by atoms with Crippen LogP contribution in [-0.4, -0.2) is 72.0 Å². The highest BCUT2D eigenvalue weighted by Gasteiger charge is 2.29. The van der Waals surface area contributed by atoms with Gasteiger partial charge in [0, 0.05) is 49.7 Å². The highest BCUT2D eigenvalue weighted by Crippen LogP contribution is 2.20. The molecule has 1 atom stereocenters. The topological polar surface area (TPSA) is 94.7 Å². The number of fused-ring (bicyclic) bond motifs is 1. The summed E-state index contributed by atoms with van der Waals surface area (Å²) in [6.07, 6.45) is 2.08. The van der Waals surface area contributed by atoms with Crippen molar-refractivity contribution in [3.8, 4) is 0 Å². The lowest BCUT2D eigenvalue weighted by atomic mass is 10.1. The van der Waals surface area contributed by atoms with Crippen LogP contribution >= 0.6 is 0 Å². The maximum absolute atomic E-state index is 13.0. The number of para-hydroxylation sites is 1. The number of hydrogen-bond acceptors (Lipinski definition) is 4. The van der Waals surface area contributed by atoms with Crippen LogP contribution in [0.25, 0.3) is 10.9 Å². The van der Waals surface area contributed by atoms with Crippen molar-refractivity contribution in [2.24, 2.45) is 0 Å². The van der Waals surface area contributed by atoms with Crippen LogP contribution in [0, 0.1) is 0 Å². The molecule has 4 rings (SSSR count). The highest BCUT2D eigenvalue weighted by molar-refractivity contribution is 6.06. The molecule has 166 valence electrons. The van der Waals surface area contributed by atoms with Gasteiger partial charge in [-0.25, -0.2) is 9.59 Å². The molecule has 0 aliphatic carbocycles. The summed E-state index contributed by atoms with van der Waals surface area (Å²) in [6.45, 7) is 1.62. The molecule has 1 aromatic heterocycles. The van der Waals surface area contributed by atoms with E-state index >= 15 is 0 Å². The van der Waals surface area contributed by atoms with Gasteiger partial charge in [0.1, 0.15) is 6.04 Å². The fourth-order valence-electron chi connectivity index (χ4n) is 3.96. The van der Waals surface area contributed by atoms with Crippen molar-refractivity contribution in [3.63, 3.8) is 0 Å². The van der Waals surface area contributed by atoms with E-state index in [1.165, 1.54) is 7.11 Å². The number of nitrogens with one attached hydrogen (secondary N) is 2. The van der Waals surface area contributed by atoms with E-state index in [1.54, 1.807) is 16.0 Å². The zero-order valence-corrected chi connectivity index (χ0v) is 17.9. The molecule has 2 heterocycles. The highest BCUT2D eigenvalue weighted by atomic mass is 16.5. The van der Waals surface area contributed by atoms with Crippen LogP contribution in [0.15, 0.2) is 60.8 Å². The number of rotatable bonds is 5. The van der Waals surface area contributed by atoms with Crippen LogP contribution in [-0.2, 0) is 16.0 Å². The van der Waals surface area contributed by atoms with E-state index in [-0.39, 0.29) is 11.9 Å². The molecule has 0 saturated carbocycles. The summed E-state index contributed by atoms with van der Waals surface area (Å²) >= 11 is 0. The summed E-state index contributed by atoms with van der Waals surface area (Å²) in [4.78, 5) is 44.5. The number of nitrogens with zero attached hydrogens (tertiary/aromatic N) is 2. The Bertz CT molecular complexity index is 1100. The summed E-state index contributed by atoms with van der Waals surface area (Å²) in [5, 5.41) is 3.67. The van der Waals surface area contributed by atoms with Crippen molar-refractivity contribution in [2.45, 2.75) is 12.5 Å². The first-order valence-corrected chi connectivity index (χ1v) is 10.6. The Hall–Kier alpha value is -3.81. The Morgan fingerprint density at radius 1 is 0.969 bits per heavy atom. The number of methoxy groups -OCH3 is 1. The Morgan fingerprint density at radius 2 is 1.62 bits per heavy atom.